The molecule has 0 spiro atoms. The van der Waals surface area contributed by atoms with Gasteiger partial charge in [0.05, 0.1) is 17.8 Å². The fourth-order valence-corrected chi connectivity index (χ4v) is 3.98. The molecule has 1 aromatic carbocycles. The number of hydrogen-bond acceptors (Lipinski definition) is 4. The first kappa shape index (κ1) is 21.2. The summed E-state index contributed by atoms with van der Waals surface area (Å²) in [5.41, 5.74) is 0.613. The molecule has 0 saturated carbocycles. The Balaban J connectivity index is 1.69. The molecule has 0 aliphatic carbocycles. The van der Waals surface area contributed by atoms with Gasteiger partial charge in [0.2, 0.25) is 0 Å². The smallest absolute Gasteiger partial charge is 0.273 e. The highest BCUT2D eigenvalue weighted by molar-refractivity contribution is 5.63. The van der Waals surface area contributed by atoms with E-state index in [9.17, 15) is 22.0 Å². The molecule has 10 heteroatoms. The zero-order valence-electron chi connectivity index (χ0n) is 16.9. The maximum absolute atomic E-state index is 14.7. The number of rotatable bonds is 4. The molecule has 1 atom stereocenters. The summed E-state index contributed by atoms with van der Waals surface area (Å²) in [6.07, 6.45) is 0.880. The van der Waals surface area contributed by atoms with Crippen molar-refractivity contribution in [1.82, 2.24) is 24.5 Å². The van der Waals surface area contributed by atoms with Crippen LogP contribution < -0.4 is 0 Å². The highest BCUT2D eigenvalue weighted by atomic mass is 19.3. The highest BCUT2D eigenvalue weighted by Gasteiger charge is 2.42. The lowest BCUT2D eigenvalue weighted by molar-refractivity contribution is -0.0575. The lowest BCUT2D eigenvalue weighted by atomic mass is 9.90. The minimum absolute atomic E-state index is 0.121. The second-order valence-corrected chi connectivity index (χ2v) is 7.96. The molecule has 164 valence electrons. The van der Waals surface area contributed by atoms with Gasteiger partial charge in [0, 0.05) is 37.2 Å². The third-order valence-corrected chi connectivity index (χ3v) is 5.39. The molecule has 1 aliphatic heterocycles. The summed E-state index contributed by atoms with van der Waals surface area (Å²) in [4.78, 5) is 9.61. The predicted octanol–water partition coefficient (Wildman–Crippen LogP) is 4.78. The normalized spacial score (nSPS) is 19.1. The van der Waals surface area contributed by atoms with E-state index < -0.39 is 42.1 Å². The van der Waals surface area contributed by atoms with Crippen molar-refractivity contribution >= 4 is 11.5 Å². The monoisotopic (exact) mass is 437 g/mol. The van der Waals surface area contributed by atoms with E-state index in [1.54, 1.807) is 13.0 Å². The molecule has 31 heavy (non-hydrogen) atoms. The average Bonchev–Trinajstić information content (AvgIpc) is 3.13. The predicted molar refractivity (Wildman–Crippen MR) is 104 cm³/mol. The van der Waals surface area contributed by atoms with Crippen molar-refractivity contribution < 1.29 is 22.0 Å². The van der Waals surface area contributed by atoms with Gasteiger partial charge in [0.1, 0.15) is 12.1 Å². The third kappa shape index (κ3) is 4.11. The van der Waals surface area contributed by atoms with Crippen LogP contribution in [0.3, 0.4) is 0 Å². The molecule has 5 nitrogen and oxygen atoms in total. The number of alkyl halides is 4. The minimum atomic E-state index is -3.41. The Bertz CT molecular complexity index is 1150. The van der Waals surface area contributed by atoms with Crippen LogP contribution in [-0.2, 0) is 5.92 Å². The van der Waals surface area contributed by atoms with Crippen LogP contribution in [0.4, 0.5) is 22.0 Å². The van der Waals surface area contributed by atoms with Gasteiger partial charge in [-0.25, -0.2) is 31.5 Å². The largest absolute Gasteiger partial charge is 0.365 e. The summed E-state index contributed by atoms with van der Waals surface area (Å²) in [7, 11) is 0. The van der Waals surface area contributed by atoms with Gasteiger partial charge in [0.15, 0.2) is 0 Å². The average molecular weight is 437 g/mol. The van der Waals surface area contributed by atoms with Gasteiger partial charge >= 0.3 is 0 Å². The van der Waals surface area contributed by atoms with E-state index in [0.717, 1.165) is 12.1 Å². The number of piperidine rings is 1. The molecular formula is C21H20F5N5. The zero-order chi connectivity index (χ0) is 22.6. The van der Waals surface area contributed by atoms with Gasteiger partial charge in [-0.2, -0.15) is 10.1 Å². The lowest BCUT2D eigenvalue weighted by Gasteiger charge is -2.40. The maximum Gasteiger partial charge on any atom is 0.273 e. The number of fused-ring (bicyclic) bond motifs is 1. The van der Waals surface area contributed by atoms with Gasteiger partial charge in [-0.15, -0.1) is 0 Å². The van der Waals surface area contributed by atoms with E-state index >= 15 is 0 Å². The number of hydrogen-bond donors (Lipinski definition) is 0. The van der Waals surface area contributed by atoms with Crippen molar-refractivity contribution in [3.63, 3.8) is 0 Å². The summed E-state index contributed by atoms with van der Waals surface area (Å²) < 4.78 is 72.2. The molecule has 1 unspecified atom stereocenters. The van der Waals surface area contributed by atoms with Crippen molar-refractivity contribution in [2.24, 2.45) is 0 Å². The topological polar surface area (TPSA) is 46.3 Å². The fourth-order valence-electron chi connectivity index (χ4n) is 3.98. The van der Waals surface area contributed by atoms with Crippen molar-refractivity contribution in [2.75, 3.05) is 13.1 Å². The molecule has 0 N–H and O–H groups in total. The van der Waals surface area contributed by atoms with E-state index in [1.165, 1.54) is 21.8 Å². The van der Waals surface area contributed by atoms with Gasteiger partial charge in [0.25, 0.3) is 17.6 Å². The number of halogens is 5. The van der Waals surface area contributed by atoms with Gasteiger partial charge < -0.3 is 4.90 Å². The van der Waals surface area contributed by atoms with Crippen LogP contribution in [0.5, 0.6) is 0 Å². The van der Waals surface area contributed by atoms with E-state index in [1.807, 2.05) is 0 Å². The van der Waals surface area contributed by atoms with E-state index in [4.69, 9.17) is 0 Å². The number of aryl methyl sites for hydroxylation is 1. The number of benzene rings is 1. The standard InChI is InChI=1S/C21H20F5N5/c1-12-6-18(31-19(29-12)27-11-28-31)15-8-21(25,26)10-30(9-15)13(2)14-4-5-17(22)16(7-14)20(3,23)24/h4-7,11,15H,2,8-10H2,1,3H3. The Hall–Kier alpha value is -3.04. The first-order valence-corrected chi connectivity index (χ1v) is 9.62. The third-order valence-electron chi connectivity index (χ3n) is 5.39. The molecule has 2 aromatic heterocycles. The molecular weight excluding hydrogens is 417 g/mol. The van der Waals surface area contributed by atoms with Gasteiger partial charge in [-0.3, -0.25) is 0 Å². The summed E-state index contributed by atoms with van der Waals surface area (Å²) in [5.74, 6) is -7.87. The second-order valence-electron chi connectivity index (χ2n) is 7.96. The van der Waals surface area contributed by atoms with Crippen LogP contribution in [0.2, 0.25) is 0 Å². The van der Waals surface area contributed by atoms with E-state index in [-0.39, 0.29) is 17.8 Å². The molecule has 3 heterocycles. The Morgan fingerprint density at radius 2 is 2.00 bits per heavy atom. The molecule has 1 saturated heterocycles. The van der Waals surface area contributed by atoms with Crippen LogP contribution in [0.1, 0.15) is 41.8 Å². The Kier molecular flexibility index (Phi) is 4.98. The van der Waals surface area contributed by atoms with Crippen molar-refractivity contribution in [3.05, 3.63) is 65.5 Å². The molecule has 1 fully saturated rings. The zero-order valence-corrected chi connectivity index (χ0v) is 16.9. The second kappa shape index (κ2) is 7.28. The minimum Gasteiger partial charge on any atom is -0.365 e. The van der Waals surface area contributed by atoms with Crippen molar-refractivity contribution in [3.8, 4) is 0 Å². The number of likely N-dealkylation sites (tertiary alicyclic amines) is 1. The Morgan fingerprint density at radius 1 is 1.26 bits per heavy atom. The lowest BCUT2D eigenvalue weighted by Crippen LogP contribution is -2.45. The van der Waals surface area contributed by atoms with E-state index in [0.29, 0.717) is 24.1 Å². The number of nitrogens with zero attached hydrogens (tertiary/aromatic N) is 5. The fraction of sp³-hybridized carbons (Fsp3) is 0.381. The summed E-state index contributed by atoms with van der Waals surface area (Å²) in [5, 5.41) is 4.09. The molecule has 0 bridgehead atoms. The summed E-state index contributed by atoms with van der Waals surface area (Å²) >= 11 is 0. The molecule has 3 aromatic rings. The first-order valence-electron chi connectivity index (χ1n) is 9.62. The van der Waals surface area contributed by atoms with Gasteiger partial charge in [-0.1, -0.05) is 6.58 Å². The van der Waals surface area contributed by atoms with E-state index in [2.05, 4.69) is 21.6 Å². The quantitative estimate of drug-likeness (QED) is 0.552. The number of aromatic nitrogens is 4. The first-order chi connectivity index (χ1) is 14.4. The molecule has 0 radical (unpaired) electrons. The van der Waals surface area contributed by atoms with Crippen LogP contribution >= 0.6 is 0 Å². The Labute approximate surface area is 175 Å². The molecule has 1 aliphatic rings. The van der Waals surface area contributed by atoms with Crippen LogP contribution in [-0.4, -0.2) is 43.5 Å². The highest BCUT2D eigenvalue weighted by Crippen LogP contribution is 2.39. The summed E-state index contributed by atoms with van der Waals surface area (Å²) in [6.45, 7) is 5.69. The Morgan fingerprint density at radius 3 is 2.71 bits per heavy atom. The molecule has 4 rings (SSSR count). The maximum atomic E-state index is 14.7. The van der Waals surface area contributed by atoms with Crippen LogP contribution in [0.25, 0.3) is 11.5 Å². The summed E-state index contributed by atoms with van der Waals surface area (Å²) in [6, 6.07) is 4.81. The molecule has 0 amide bonds. The van der Waals surface area contributed by atoms with Crippen molar-refractivity contribution in [1.29, 1.82) is 0 Å². The SMILES string of the molecule is C=C(c1ccc(F)c(C(C)(F)F)c1)N1CC(c2cc(C)nc3ncnn23)CC(F)(F)C1. The van der Waals surface area contributed by atoms with Crippen LogP contribution in [0, 0.1) is 12.7 Å². The van der Waals surface area contributed by atoms with Crippen molar-refractivity contribution in [2.45, 2.75) is 38.0 Å². The van der Waals surface area contributed by atoms with Crippen LogP contribution in [0.15, 0.2) is 37.2 Å². The van der Waals surface area contributed by atoms with Gasteiger partial charge in [-0.05, 0) is 36.8 Å².